The molecule has 0 unspecified atom stereocenters. The number of nitrogens with zero attached hydrogens (tertiary/aromatic N) is 2. The van der Waals surface area contributed by atoms with Crippen molar-refractivity contribution in [3.8, 4) is 5.75 Å². The van der Waals surface area contributed by atoms with Crippen LogP contribution in [0.25, 0.3) is 0 Å². The molecule has 88 valence electrons. The lowest BCUT2D eigenvalue weighted by molar-refractivity contribution is 0.213. The number of oxime groups is 1. The van der Waals surface area contributed by atoms with Crippen LogP contribution in [0.15, 0.2) is 11.4 Å². The number of rotatable bonds is 4. The second-order valence-electron chi connectivity index (χ2n) is 2.73. The summed E-state index contributed by atoms with van der Waals surface area (Å²) in [6.07, 6.45) is 1.42. The Morgan fingerprint density at radius 1 is 1.50 bits per heavy atom. The van der Waals surface area contributed by atoms with Crippen LogP contribution in [0.5, 0.6) is 5.75 Å². The minimum Gasteiger partial charge on any atom is -0.493 e. The van der Waals surface area contributed by atoms with Gasteiger partial charge in [0.2, 0.25) is 0 Å². The zero-order chi connectivity index (χ0) is 12.1. The Hall–Kier alpha value is -1.04. The molecule has 1 rings (SSSR count). The number of ether oxygens (including phenoxy) is 1. The van der Waals surface area contributed by atoms with Crippen LogP contribution in [0.2, 0.25) is 10.0 Å². The van der Waals surface area contributed by atoms with Gasteiger partial charge in [0.25, 0.3) is 0 Å². The molecule has 0 fully saturated rings. The molecule has 5 nitrogen and oxygen atoms in total. The summed E-state index contributed by atoms with van der Waals surface area (Å²) in [5.74, 6) is 0.339. The average molecular weight is 264 g/mol. The second kappa shape index (κ2) is 5.89. The Kier molecular flexibility index (Phi) is 4.79. The van der Waals surface area contributed by atoms with E-state index in [9.17, 15) is 0 Å². The van der Waals surface area contributed by atoms with Crippen LogP contribution in [0.3, 0.4) is 0 Å². The highest BCUT2D eigenvalue weighted by molar-refractivity contribution is 6.39. The van der Waals surface area contributed by atoms with Crippen molar-refractivity contribution in [3.63, 3.8) is 0 Å². The molecule has 1 aromatic heterocycles. The van der Waals surface area contributed by atoms with E-state index in [1.165, 1.54) is 20.4 Å². The fourth-order valence-electron chi connectivity index (χ4n) is 1.12. The number of hydrogen-bond acceptors (Lipinski definition) is 5. The first-order valence-electron chi connectivity index (χ1n) is 4.34. The highest BCUT2D eigenvalue weighted by Crippen LogP contribution is 2.33. The molecule has 16 heavy (non-hydrogen) atoms. The Morgan fingerprint density at radius 2 is 2.19 bits per heavy atom. The quantitative estimate of drug-likeness (QED) is 0.663. The molecule has 0 saturated heterocycles. The molecular formula is C9H11Cl2N3O2. The van der Waals surface area contributed by atoms with Crippen molar-refractivity contribution in [2.24, 2.45) is 10.9 Å². The third-order valence-corrected chi connectivity index (χ3v) is 2.42. The molecule has 0 saturated carbocycles. The summed E-state index contributed by atoms with van der Waals surface area (Å²) < 4.78 is 5.05. The van der Waals surface area contributed by atoms with Gasteiger partial charge in [-0.1, -0.05) is 28.4 Å². The summed E-state index contributed by atoms with van der Waals surface area (Å²) in [6, 6.07) is 0. The van der Waals surface area contributed by atoms with Gasteiger partial charge in [0.05, 0.1) is 13.3 Å². The minimum atomic E-state index is 0.144. The SMILES string of the molecule is CO/N=C(\CN)c1ncc(Cl)c(OC)c1Cl. The second-order valence-corrected chi connectivity index (χ2v) is 3.51. The van der Waals surface area contributed by atoms with E-state index in [1.54, 1.807) is 0 Å². The third kappa shape index (κ3) is 2.55. The highest BCUT2D eigenvalue weighted by Gasteiger charge is 2.16. The maximum atomic E-state index is 6.06. The van der Waals surface area contributed by atoms with E-state index >= 15 is 0 Å². The number of nitrogens with two attached hydrogens (primary N) is 1. The van der Waals surface area contributed by atoms with Gasteiger partial charge in [0.1, 0.15) is 28.6 Å². The molecular weight excluding hydrogens is 253 g/mol. The predicted molar refractivity (Wildman–Crippen MR) is 63.4 cm³/mol. The summed E-state index contributed by atoms with van der Waals surface area (Å²) >= 11 is 11.9. The number of hydrogen-bond donors (Lipinski definition) is 1. The van der Waals surface area contributed by atoms with E-state index in [4.69, 9.17) is 33.7 Å². The van der Waals surface area contributed by atoms with Crippen molar-refractivity contribution in [2.75, 3.05) is 20.8 Å². The van der Waals surface area contributed by atoms with Gasteiger partial charge in [-0.05, 0) is 0 Å². The van der Waals surface area contributed by atoms with Crippen LogP contribution in [0.1, 0.15) is 5.69 Å². The first-order chi connectivity index (χ1) is 7.65. The van der Waals surface area contributed by atoms with E-state index < -0.39 is 0 Å². The minimum absolute atomic E-state index is 0.144. The lowest BCUT2D eigenvalue weighted by atomic mass is 10.2. The number of pyridine rings is 1. The fourth-order valence-corrected chi connectivity index (χ4v) is 1.73. The summed E-state index contributed by atoms with van der Waals surface area (Å²) in [6.45, 7) is 0.144. The largest absolute Gasteiger partial charge is 0.493 e. The molecule has 0 radical (unpaired) electrons. The normalized spacial score (nSPS) is 11.4. The summed E-state index contributed by atoms with van der Waals surface area (Å²) in [5.41, 5.74) is 6.32. The van der Waals surface area contributed by atoms with Gasteiger partial charge < -0.3 is 15.3 Å². The molecule has 0 atom stereocenters. The van der Waals surface area contributed by atoms with E-state index in [1.807, 2.05) is 0 Å². The first kappa shape index (κ1) is 13.0. The molecule has 1 heterocycles. The van der Waals surface area contributed by atoms with E-state index in [2.05, 4.69) is 15.0 Å². The van der Waals surface area contributed by atoms with Gasteiger partial charge in [-0.3, -0.25) is 4.98 Å². The number of halogens is 2. The van der Waals surface area contributed by atoms with Crippen LogP contribution in [0, 0.1) is 0 Å². The Morgan fingerprint density at radius 3 is 2.69 bits per heavy atom. The molecule has 0 bridgehead atoms. The summed E-state index contributed by atoms with van der Waals surface area (Å²) in [4.78, 5) is 8.69. The topological polar surface area (TPSA) is 69.7 Å². The van der Waals surface area contributed by atoms with Crippen LogP contribution < -0.4 is 10.5 Å². The molecule has 1 aromatic rings. The fraction of sp³-hybridized carbons (Fsp3) is 0.333. The van der Waals surface area contributed by atoms with Gasteiger partial charge in [-0.15, -0.1) is 0 Å². The predicted octanol–water partition coefficient (Wildman–Crippen LogP) is 1.71. The molecule has 0 aliphatic heterocycles. The smallest absolute Gasteiger partial charge is 0.159 e. The van der Waals surface area contributed by atoms with Gasteiger partial charge in [0, 0.05) is 6.54 Å². The summed E-state index contributed by atoms with van der Waals surface area (Å²) in [7, 11) is 2.88. The Bertz CT molecular complexity index is 410. The van der Waals surface area contributed by atoms with Gasteiger partial charge in [-0.2, -0.15) is 0 Å². The molecule has 0 aromatic carbocycles. The molecule has 7 heteroatoms. The van der Waals surface area contributed by atoms with Crippen molar-refractivity contribution >= 4 is 28.9 Å². The van der Waals surface area contributed by atoms with E-state index in [0.717, 1.165) is 0 Å². The van der Waals surface area contributed by atoms with Crippen LogP contribution >= 0.6 is 23.2 Å². The first-order valence-corrected chi connectivity index (χ1v) is 5.09. The highest BCUT2D eigenvalue weighted by atomic mass is 35.5. The Balaban J connectivity index is 3.29. The maximum absolute atomic E-state index is 6.06. The van der Waals surface area contributed by atoms with Crippen molar-refractivity contribution < 1.29 is 9.57 Å². The number of aromatic nitrogens is 1. The zero-order valence-electron chi connectivity index (χ0n) is 8.83. The average Bonchev–Trinajstić information content (AvgIpc) is 2.27. The lowest BCUT2D eigenvalue weighted by Crippen LogP contribution is -2.17. The van der Waals surface area contributed by atoms with Crippen LogP contribution in [0.4, 0.5) is 0 Å². The maximum Gasteiger partial charge on any atom is 0.159 e. The van der Waals surface area contributed by atoms with E-state index in [0.29, 0.717) is 22.2 Å². The van der Waals surface area contributed by atoms with Gasteiger partial charge >= 0.3 is 0 Å². The van der Waals surface area contributed by atoms with Crippen LogP contribution in [-0.4, -0.2) is 31.5 Å². The Labute approximate surface area is 103 Å². The summed E-state index contributed by atoms with van der Waals surface area (Å²) in [5, 5.41) is 4.31. The number of methoxy groups -OCH3 is 1. The molecule has 0 aliphatic carbocycles. The van der Waals surface area contributed by atoms with E-state index in [-0.39, 0.29) is 11.6 Å². The van der Waals surface area contributed by atoms with Crippen molar-refractivity contribution in [3.05, 3.63) is 21.9 Å². The standard InChI is InChI=1S/C9H11Cl2N3O2/c1-15-9-5(10)4-13-8(7(9)11)6(3-12)14-16-2/h4H,3,12H2,1-2H3/b14-6+. The van der Waals surface area contributed by atoms with Crippen molar-refractivity contribution in [2.45, 2.75) is 0 Å². The van der Waals surface area contributed by atoms with Gasteiger partial charge in [0.15, 0.2) is 5.75 Å². The monoisotopic (exact) mass is 263 g/mol. The van der Waals surface area contributed by atoms with Gasteiger partial charge in [-0.25, -0.2) is 0 Å². The zero-order valence-corrected chi connectivity index (χ0v) is 10.3. The molecule has 0 aliphatic rings. The van der Waals surface area contributed by atoms with Crippen molar-refractivity contribution in [1.82, 2.24) is 4.98 Å². The van der Waals surface area contributed by atoms with Crippen LogP contribution in [-0.2, 0) is 4.84 Å². The molecule has 2 N–H and O–H groups in total. The molecule has 0 spiro atoms. The van der Waals surface area contributed by atoms with Crippen molar-refractivity contribution in [1.29, 1.82) is 0 Å². The molecule has 0 amide bonds. The third-order valence-electron chi connectivity index (χ3n) is 1.80. The lowest BCUT2D eigenvalue weighted by Gasteiger charge is -2.09.